The summed E-state index contributed by atoms with van der Waals surface area (Å²) >= 11 is 1.58. The first kappa shape index (κ1) is 37.4. The average Bonchev–Trinajstić information content (AvgIpc) is 3.14. The predicted octanol–water partition coefficient (Wildman–Crippen LogP) is 7.34. The molecular formula is C22H40Cl2SiZr-4. The van der Waals surface area contributed by atoms with Crippen molar-refractivity contribution in [2.45, 2.75) is 79.1 Å². The monoisotopic (exact) mass is 492 g/mol. The Morgan fingerprint density at radius 3 is 1.31 bits per heavy atom. The van der Waals surface area contributed by atoms with Crippen LogP contribution in [-0.4, -0.2) is 6.88 Å². The van der Waals surface area contributed by atoms with Crippen LogP contribution >= 0.6 is 24.8 Å². The van der Waals surface area contributed by atoms with Crippen molar-refractivity contribution < 1.29 is 23.3 Å². The van der Waals surface area contributed by atoms with E-state index in [1.165, 1.54) is 49.7 Å². The Morgan fingerprint density at radius 2 is 1.12 bits per heavy atom. The Kier molecular flexibility index (Phi) is 36.9. The molecule has 0 heterocycles. The zero-order chi connectivity index (χ0) is 16.8. The molecule has 0 aliphatic heterocycles. The quantitative estimate of drug-likeness (QED) is 0.268. The van der Waals surface area contributed by atoms with Gasteiger partial charge in [-0.3, -0.25) is 12.2 Å². The van der Waals surface area contributed by atoms with Gasteiger partial charge in [-0.15, -0.1) is 37.7 Å². The van der Waals surface area contributed by atoms with Gasteiger partial charge in [0.25, 0.3) is 0 Å². The Bertz CT molecular complexity index is 397. The van der Waals surface area contributed by atoms with Crippen LogP contribution in [0.1, 0.15) is 79.1 Å². The van der Waals surface area contributed by atoms with E-state index in [1.54, 1.807) is 34.5 Å². The second-order valence-corrected chi connectivity index (χ2v) is 5.89. The van der Waals surface area contributed by atoms with Gasteiger partial charge < -0.3 is 14.9 Å². The Balaban J connectivity index is -0.0000000904. The van der Waals surface area contributed by atoms with E-state index >= 15 is 0 Å². The normalized spacial score (nSPS) is 13.2. The van der Waals surface area contributed by atoms with E-state index in [2.05, 4.69) is 52.0 Å². The molecule has 0 bridgehead atoms. The van der Waals surface area contributed by atoms with Crippen molar-refractivity contribution in [3.63, 3.8) is 0 Å². The second-order valence-electron chi connectivity index (χ2n) is 5.89. The molecule has 0 atom stereocenters. The van der Waals surface area contributed by atoms with Crippen molar-refractivity contribution in [3.8, 4) is 0 Å². The second kappa shape index (κ2) is 25.6. The van der Waals surface area contributed by atoms with E-state index in [4.69, 9.17) is 0 Å². The van der Waals surface area contributed by atoms with E-state index in [1.807, 2.05) is 6.88 Å². The van der Waals surface area contributed by atoms with Gasteiger partial charge in [0.1, 0.15) is 0 Å². The topological polar surface area (TPSA) is 0 Å². The molecule has 2 aliphatic carbocycles. The van der Waals surface area contributed by atoms with Gasteiger partial charge in [-0.2, -0.15) is 11.1 Å². The van der Waals surface area contributed by atoms with E-state index in [0.717, 1.165) is 12.8 Å². The van der Waals surface area contributed by atoms with Crippen LogP contribution < -0.4 is 0 Å². The molecule has 0 aromatic rings. The number of unbranched alkanes of at least 4 members (excludes halogenated alkanes) is 2. The van der Waals surface area contributed by atoms with Crippen LogP contribution in [0.2, 0.25) is 0 Å². The van der Waals surface area contributed by atoms with Gasteiger partial charge in [-0.1, -0.05) is 53.4 Å². The SMILES string of the molecule is CCCCC1=CC(C)=[C-]C1.CCCCC1=CC(C)=[C-]C1.Cl.Cl.[CH3-].[CH3-].[SiH2]=[Zr]. The Hall–Kier alpha value is 0.640. The number of hydrogen-bond acceptors (Lipinski definition) is 0. The standard InChI is InChI=1S/2C10H15.2CH3.2ClH.H2Si.Zr/c2*1-3-4-5-10-7-6-9(2)8-10;;;;;;/h2*8H,3-5,7H2,1-2H3;2*1H3;2*1H;1H2;/q4*-1;;;;. The molecule has 0 nitrogen and oxygen atoms in total. The summed E-state index contributed by atoms with van der Waals surface area (Å²) in [5.74, 6) is 0. The average molecular weight is 495 g/mol. The molecule has 154 valence electrons. The third-order valence-corrected chi connectivity index (χ3v) is 3.73. The molecule has 26 heavy (non-hydrogen) atoms. The van der Waals surface area contributed by atoms with E-state index < -0.39 is 0 Å². The molecule has 2 aliphatic rings. The van der Waals surface area contributed by atoms with Crippen LogP contribution in [0.3, 0.4) is 0 Å². The van der Waals surface area contributed by atoms with Crippen molar-refractivity contribution in [1.29, 1.82) is 0 Å². The molecular weight excluding hydrogens is 454 g/mol. The molecule has 0 aromatic carbocycles. The summed E-state index contributed by atoms with van der Waals surface area (Å²) in [7, 11) is 0. The minimum atomic E-state index is 0. The fourth-order valence-electron chi connectivity index (χ4n) is 2.45. The Morgan fingerprint density at radius 1 is 0.808 bits per heavy atom. The first-order chi connectivity index (χ1) is 10.7. The fourth-order valence-corrected chi connectivity index (χ4v) is 2.45. The van der Waals surface area contributed by atoms with E-state index in [9.17, 15) is 0 Å². The van der Waals surface area contributed by atoms with Crippen molar-refractivity contribution in [1.82, 2.24) is 0 Å². The molecule has 0 aromatic heterocycles. The molecule has 0 saturated heterocycles. The first-order valence-corrected chi connectivity index (χ1v) is 14.5. The summed E-state index contributed by atoms with van der Waals surface area (Å²) in [6, 6.07) is 0. The zero-order valence-corrected chi connectivity index (χ0v) is 23.3. The van der Waals surface area contributed by atoms with E-state index in [-0.39, 0.29) is 39.7 Å². The third kappa shape index (κ3) is 19.4. The molecule has 0 saturated carbocycles. The van der Waals surface area contributed by atoms with Gasteiger partial charge in [0.2, 0.25) is 0 Å². The summed E-state index contributed by atoms with van der Waals surface area (Å²) in [5, 5.41) is 0. The molecule has 0 fully saturated rings. The van der Waals surface area contributed by atoms with Crippen molar-refractivity contribution >= 4 is 31.7 Å². The molecule has 0 amide bonds. The maximum absolute atomic E-state index is 3.30. The van der Waals surface area contributed by atoms with Crippen molar-refractivity contribution in [2.75, 3.05) is 0 Å². The first-order valence-electron chi connectivity index (χ1n) is 8.54. The predicted molar refractivity (Wildman–Crippen MR) is 125 cm³/mol. The molecule has 0 N–H and O–H groups in total. The summed E-state index contributed by atoms with van der Waals surface area (Å²) in [4.78, 5) is 0. The third-order valence-electron chi connectivity index (χ3n) is 3.73. The van der Waals surface area contributed by atoms with Crippen LogP contribution in [0.4, 0.5) is 0 Å². The van der Waals surface area contributed by atoms with Crippen LogP contribution in [0, 0.1) is 27.0 Å². The van der Waals surface area contributed by atoms with Gasteiger partial charge in [0, 0.05) is 0 Å². The van der Waals surface area contributed by atoms with Gasteiger partial charge in [0.05, 0.1) is 0 Å². The van der Waals surface area contributed by atoms with Crippen LogP contribution in [-0.2, 0) is 23.3 Å². The molecule has 2 rings (SSSR count). The summed E-state index contributed by atoms with van der Waals surface area (Å²) in [6.45, 7) is 10.7. The van der Waals surface area contributed by atoms with Crippen LogP contribution in [0.25, 0.3) is 0 Å². The van der Waals surface area contributed by atoms with Crippen LogP contribution in [0.5, 0.6) is 0 Å². The summed E-state index contributed by atoms with van der Waals surface area (Å²) in [5.41, 5.74) is 5.79. The summed E-state index contributed by atoms with van der Waals surface area (Å²) in [6.07, 6.45) is 21.2. The molecule has 0 unspecified atom stereocenters. The number of halogens is 2. The molecule has 0 spiro atoms. The van der Waals surface area contributed by atoms with Crippen LogP contribution in [0.15, 0.2) is 34.4 Å². The summed E-state index contributed by atoms with van der Waals surface area (Å²) < 4.78 is 0. The number of rotatable bonds is 6. The number of allylic oxidation sites excluding steroid dienone is 8. The fraction of sp³-hybridized carbons (Fsp3) is 0.545. The van der Waals surface area contributed by atoms with Gasteiger partial charge in [-0.25, -0.2) is 23.3 Å². The Labute approximate surface area is 194 Å². The maximum atomic E-state index is 3.30. The van der Waals surface area contributed by atoms with Crippen molar-refractivity contribution in [2.24, 2.45) is 0 Å². The molecule has 4 heteroatoms. The van der Waals surface area contributed by atoms with Gasteiger partial charge in [-0.05, 0) is 12.8 Å². The van der Waals surface area contributed by atoms with E-state index in [0.29, 0.717) is 0 Å². The minimum absolute atomic E-state index is 0. The van der Waals surface area contributed by atoms with Gasteiger partial charge in [0.15, 0.2) is 0 Å². The number of hydrogen-bond donors (Lipinski definition) is 0. The molecule has 0 radical (unpaired) electrons. The van der Waals surface area contributed by atoms with Crippen molar-refractivity contribution in [3.05, 3.63) is 61.4 Å². The van der Waals surface area contributed by atoms with Gasteiger partial charge >= 0.3 is 30.2 Å². The zero-order valence-electron chi connectivity index (χ0n) is 17.8.